The molecule has 0 unspecified atom stereocenters. The molecule has 1 aromatic heterocycles. The number of nitrogens with zero attached hydrogens (tertiary/aromatic N) is 2. The molecule has 0 bridgehead atoms. The summed E-state index contributed by atoms with van der Waals surface area (Å²) in [6, 6.07) is 25.2. The maximum atomic E-state index is 14.3. The fourth-order valence-electron chi connectivity index (χ4n) is 4.52. The topological polar surface area (TPSA) is 102 Å². The van der Waals surface area contributed by atoms with E-state index in [0.717, 1.165) is 15.7 Å². The van der Waals surface area contributed by atoms with Crippen molar-refractivity contribution in [2.75, 3.05) is 5.32 Å². The first kappa shape index (κ1) is 28.7. The lowest BCUT2D eigenvalue weighted by atomic mass is 10.1. The van der Waals surface area contributed by atoms with Gasteiger partial charge >= 0.3 is 5.69 Å². The summed E-state index contributed by atoms with van der Waals surface area (Å²) in [4.78, 5) is 52.3. The molecule has 0 fully saturated rings. The molecule has 8 nitrogen and oxygen atoms in total. The second kappa shape index (κ2) is 12.4. The fourth-order valence-corrected chi connectivity index (χ4v) is 4.85. The van der Waals surface area contributed by atoms with Crippen LogP contribution in [-0.4, -0.2) is 20.9 Å². The number of nitrogens with one attached hydrogen (secondary N) is 2. The van der Waals surface area contributed by atoms with E-state index in [0.29, 0.717) is 22.1 Å². The molecule has 5 rings (SSSR count). The summed E-state index contributed by atoms with van der Waals surface area (Å²) in [6.45, 7) is 1.87. The normalized spacial score (nSPS) is 10.9. The quantitative estimate of drug-likeness (QED) is 0.253. The highest BCUT2D eigenvalue weighted by Crippen LogP contribution is 2.19. The van der Waals surface area contributed by atoms with Gasteiger partial charge in [0, 0.05) is 16.6 Å². The summed E-state index contributed by atoms with van der Waals surface area (Å²) in [6.07, 6.45) is 0. The molecule has 212 valence electrons. The van der Waals surface area contributed by atoms with E-state index < -0.39 is 29.5 Å². The molecular formula is C32H26BrFN4O4. The van der Waals surface area contributed by atoms with Crippen molar-refractivity contribution >= 4 is 44.3 Å². The first-order chi connectivity index (χ1) is 20.2. The first-order valence-electron chi connectivity index (χ1n) is 13.1. The molecule has 5 aromatic rings. The van der Waals surface area contributed by atoms with Crippen LogP contribution in [0.25, 0.3) is 10.9 Å². The molecule has 1 heterocycles. The van der Waals surface area contributed by atoms with E-state index >= 15 is 0 Å². The number of benzene rings is 4. The number of halogens is 2. The van der Waals surface area contributed by atoms with Gasteiger partial charge in [0.1, 0.15) is 12.4 Å². The number of amides is 2. The van der Waals surface area contributed by atoms with E-state index in [9.17, 15) is 23.6 Å². The number of para-hydroxylation sites is 1. The number of aryl methyl sites for hydroxylation is 1. The highest BCUT2D eigenvalue weighted by molar-refractivity contribution is 9.10. The van der Waals surface area contributed by atoms with Crippen molar-refractivity contribution in [1.29, 1.82) is 0 Å². The Labute approximate surface area is 248 Å². The number of carbonyl (C=O) groups excluding carboxylic acids is 2. The third-order valence-electron chi connectivity index (χ3n) is 6.77. The van der Waals surface area contributed by atoms with E-state index in [1.807, 2.05) is 31.2 Å². The maximum absolute atomic E-state index is 14.3. The van der Waals surface area contributed by atoms with Gasteiger partial charge in [-0.15, -0.1) is 0 Å². The van der Waals surface area contributed by atoms with Crippen LogP contribution in [0.3, 0.4) is 0 Å². The highest BCUT2D eigenvalue weighted by Gasteiger charge is 2.17. The SMILES string of the molecule is Cc1ccc(CNC(=O)c2ccc(Cn3c(=O)c4ccccc4n(CC(=O)Nc4ccc(Br)cc4F)c3=O)cc2)cc1. The van der Waals surface area contributed by atoms with Crippen molar-refractivity contribution < 1.29 is 14.0 Å². The summed E-state index contributed by atoms with van der Waals surface area (Å²) in [5.74, 6) is -1.51. The number of aromatic nitrogens is 2. The number of carbonyl (C=O) groups is 2. The van der Waals surface area contributed by atoms with Crippen molar-refractivity contribution in [1.82, 2.24) is 14.5 Å². The van der Waals surface area contributed by atoms with Crippen molar-refractivity contribution in [3.05, 3.63) is 144 Å². The molecule has 0 radical (unpaired) electrons. The third kappa shape index (κ3) is 6.39. The summed E-state index contributed by atoms with van der Waals surface area (Å²) in [7, 11) is 0. The molecule has 0 aliphatic rings. The lowest BCUT2D eigenvalue weighted by Crippen LogP contribution is -2.42. The van der Waals surface area contributed by atoms with Crippen LogP contribution in [0.15, 0.2) is 105 Å². The molecule has 42 heavy (non-hydrogen) atoms. The molecule has 2 N–H and O–H groups in total. The lowest BCUT2D eigenvalue weighted by molar-refractivity contribution is -0.116. The second-order valence-corrected chi connectivity index (χ2v) is 10.7. The molecule has 10 heteroatoms. The van der Waals surface area contributed by atoms with Crippen molar-refractivity contribution in [2.45, 2.75) is 26.6 Å². The van der Waals surface area contributed by atoms with Crippen molar-refractivity contribution in [2.24, 2.45) is 0 Å². The smallest absolute Gasteiger partial charge is 0.332 e. The fraction of sp³-hybridized carbons (Fsp3) is 0.125. The number of hydrogen-bond acceptors (Lipinski definition) is 4. The number of fused-ring (bicyclic) bond motifs is 1. The summed E-state index contributed by atoms with van der Waals surface area (Å²) in [5, 5.41) is 5.62. The van der Waals surface area contributed by atoms with Gasteiger partial charge in [-0.1, -0.05) is 70.0 Å². The Morgan fingerprint density at radius 1 is 0.857 bits per heavy atom. The zero-order chi connectivity index (χ0) is 29.8. The molecular weight excluding hydrogens is 603 g/mol. The molecule has 0 aliphatic carbocycles. The van der Waals surface area contributed by atoms with Gasteiger partial charge < -0.3 is 10.6 Å². The molecule has 0 aliphatic heterocycles. The van der Waals surface area contributed by atoms with Crippen LogP contribution in [0, 0.1) is 12.7 Å². The summed E-state index contributed by atoms with van der Waals surface area (Å²) < 4.78 is 17.0. The Morgan fingerprint density at radius 3 is 2.26 bits per heavy atom. The zero-order valence-corrected chi connectivity index (χ0v) is 24.2. The predicted octanol–water partition coefficient (Wildman–Crippen LogP) is 4.99. The number of anilines is 1. The van der Waals surface area contributed by atoms with Gasteiger partial charge in [-0.25, -0.2) is 9.18 Å². The molecule has 2 amide bonds. The Kier molecular flexibility index (Phi) is 8.44. The summed E-state index contributed by atoms with van der Waals surface area (Å²) >= 11 is 3.17. The van der Waals surface area contributed by atoms with Crippen LogP contribution < -0.4 is 21.9 Å². The monoisotopic (exact) mass is 628 g/mol. The maximum Gasteiger partial charge on any atom is 0.332 e. The highest BCUT2D eigenvalue weighted by atomic mass is 79.9. The van der Waals surface area contributed by atoms with E-state index in [2.05, 4.69) is 26.6 Å². The molecule has 0 saturated heterocycles. The average Bonchev–Trinajstić information content (AvgIpc) is 2.99. The van der Waals surface area contributed by atoms with Crippen LogP contribution in [0.2, 0.25) is 0 Å². The van der Waals surface area contributed by atoms with Crippen molar-refractivity contribution in [3.63, 3.8) is 0 Å². The van der Waals surface area contributed by atoms with Crippen LogP contribution >= 0.6 is 15.9 Å². The zero-order valence-electron chi connectivity index (χ0n) is 22.6. The Hall–Kier alpha value is -4.83. The van der Waals surface area contributed by atoms with Gasteiger partial charge in [0.2, 0.25) is 5.91 Å². The minimum Gasteiger partial charge on any atom is -0.348 e. The second-order valence-electron chi connectivity index (χ2n) is 9.81. The third-order valence-corrected chi connectivity index (χ3v) is 7.26. The van der Waals surface area contributed by atoms with E-state index in [1.165, 1.54) is 16.7 Å². The Balaban J connectivity index is 1.37. The minimum atomic E-state index is -0.690. The molecule has 4 aromatic carbocycles. The largest absolute Gasteiger partial charge is 0.348 e. The minimum absolute atomic E-state index is 0.0307. The van der Waals surface area contributed by atoms with Crippen LogP contribution in [0.1, 0.15) is 27.0 Å². The van der Waals surface area contributed by atoms with Gasteiger partial charge in [-0.05, 0) is 60.5 Å². The molecule has 0 saturated carbocycles. The van der Waals surface area contributed by atoms with Crippen LogP contribution in [0.5, 0.6) is 0 Å². The molecule has 0 spiro atoms. The van der Waals surface area contributed by atoms with Gasteiger partial charge in [0.15, 0.2) is 0 Å². The van der Waals surface area contributed by atoms with Gasteiger partial charge in [-0.3, -0.25) is 23.5 Å². The average molecular weight is 629 g/mol. The van der Waals surface area contributed by atoms with E-state index in [4.69, 9.17) is 0 Å². The summed E-state index contributed by atoms with van der Waals surface area (Å²) in [5.41, 5.74) is 2.23. The predicted molar refractivity (Wildman–Crippen MR) is 163 cm³/mol. The first-order valence-corrected chi connectivity index (χ1v) is 13.9. The molecule has 0 atom stereocenters. The number of hydrogen-bond donors (Lipinski definition) is 2. The van der Waals surface area contributed by atoms with Gasteiger partial charge in [0.05, 0.1) is 23.1 Å². The van der Waals surface area contributed by atoms with Gasteiger partial charge in [-0.2, -0.15) is 0 Å². The van der Waals surface area contributed by atoms with Crippen LogP contribution in [-0.2, 0) is 24.4 Å². The van der Waals surface area contributed by atoms with Crippen molar-refractivity contribution in [3.8, 4) is 0 Å². The van der Waals surface area contributed by atoms with Crippen LogP contribution in [0.4, 0.5) is 10.1 Å². The van der Waals surface area contributed by atoms with E-state index in [1.54, 1.807) is 54.6 Å². The Bertz CT molecular complexity index is 1920. The standard InChI is InChI=1S/C32H26BrFN4O4/c1-20-6-8-21(9-7-20)17-35-30(40)23-12-10-22(11-13-23)18-38-31(41)25-4-2-3-5-28(25)37(32(38)42)19-29(39)36-27-15-14-24(33)16-26(27)34/h2-16H,17-19H2,1H3,(H,35,40)(H,36,39). The lowest BCUT2D eigenvalue weighted by Gasteiger charge is -2.15. The number of rotatable bonds is 8. The Morgan fingerprint density at radius 2 is 1.55 bits per heavy atom. The van der Waals surface area contributed by atoms with Gasteiger partial charge in [0.25, 0.3) is 11.5 Å². The van der Waals surface area contributed by atoms with E-state index in [-0.39, 0.29) is 29.0 Å².